The lowest BCUT2D eigenvalue weighted by atomic mass is 9.87. The Hall–Kier alpha value is -2.34. The van der Waals surface area contributed by atoms with Gasteiger partial charge in [0.1, 0.15) is 10.8 Å². The molecule has 186 valence electrons. The third-order valence-corrected chi connectivity index (χ3v) is 7.71. The molecule has 5 nitrogen and oxygen atoms in total. The molecule has 3 rings (SSSR count). The van der Waals surface area contributed by atoms with E-state index in [1.807, 2.05) is 0 Å². The normalized spacial score (nSPS) is 19.6. The molecule has 1 aromatic heterocycles. The second-order valence-corrected chi connectivity index (χ2v) is 10.4. The number of rotatable bonds is 5. The number of benzene rings is 1. The van der Waals surface area contributed by atoms with Crippen molar-refractivity contribution in [3.63, 3.8) is 0 Å². The van der Waals surface area contributed by atoms with Crippen molar-refractivity contribution in [1.82, 2.24) is 10.3 Å². The molecular weight excluding hydrogens is 510 g/mol. The first-order valence-electron chi connectivity index (χ1n) is 10.1. The molecular formula is C21H19ClF6N2O3S. The minimum atomic E-state index is -4.70. The smallest absolute Gasteiger partial charge is 0.349 e. The average molecular weight is 529 g/mol. The van der Waals surface area contributed by atoms with Crippen LogP contribution >= 0.6 is 11.6 Å². The maximum atomic E-state index is 12.9. The maximum Gasteiger partial charge on any atom is 0.433 e. The zero-order valence-electron chi connectivity index (χ0n) is 17.4. The summed E-state index contributed by atoms with van der Waals surface area (Å²) in [5, 5.41) is 2.06. The molecule has 0 aliphatic heterocycles. The Bertz CT molecular complexity index is 1160. The van der Waals surface area contributed by atoms with Crippen LogP contribution in [-0.4, -0.2) is 31.1 Å². The highest BCUT2D eigenvalue weighted by Gasteiger charge is 2.34. The molecule has 1 amide bonds. The summed E-state index contributed by atoms with van der Waals surface area (Å²) < 4.78 is 102. The van der Waals surface area contributed by atoms with Crippen molar-refractivity contribution in [2.45, 2.75) is 49.0 Å². The van der Waals surface area contributed by atoms with E-state index in [4.69, 9.17) is 11.6 Å². The van der Waals surface area contributed by atoms with Crippen molar-refractivity contribution >= 4 is 27.3 Å². The Morgan fingerprint density at radius 1 is 1.00 bits per heavy atom. The van der Waals surface area contributed by atoms with E-state index in [1.165, 1.54) is 0 Å². The molecule has 1 saturated carbocycles. The zero-order valence-corrected chi connectivity index (χ0v) is 19.0. The highest BCUT2D eigenvalue weighted by molar-refractivity contribution is 7.91. The Balaban J connectivity index is 1.58. The lowest BCUT2D eigenvalue weighted by Crippen LogP contribution is -2.38. The fraction of sp³-hybridized carbons (Fsp3) is 0.429. The molecule has 1 aliphatic rings. The Morgan fingerprint density at radius 3 is 2.21 bits per heavy atom. The van der Waals surface area contributed by atoms with E-state index in [0.29, 0.717) is 37.8 Å². The second-order valence-electron chi connectivity index (χ2n) is 8.03. The summed E-state index contributed by atoms with van der Waals surface area (Å²) in [7, 11) is -3.95. The monoisotopic (exact) mass is 528 g/mol. The van der Waals surface area contributed by atoms with E-state index in [0.717, 1.165) is 24.3 Å². The maximum absolute atomic E-state index is 12.9. The summed E-state index contributed by atoms with van der Waals surface area (Å²) >= 11 is 5.73. The summed E-state index contributed by atoms with van der Waals surface area (Å²) in [6, 6.07) is 4.80. The largest absolute Gasteiger partial charge is 0.433 e. The van der Waals surface area contributed by atoms with Crippen LogP contribution in [0.4, 0.5) is 26.3 Å². The molecule has 0 radical (unpaired) electrons. The average Bonchev–Trinajstić information content (AvgIpc) is 2.73. The van der Waals surface area contributed by atoms with Crippen molar-refractivity contribution in [3.8, 4) is 0 Å². The summed E-state index contributed by atoms with van der Waals surface area (Å²) in [5.41, 5.74) is -2.49. The van der Waals surface area contributed by atoms with E-state index in [9.17, 15) is 39.6 Å². The number of amides is 1. The highest BCUT2D eigenvalue weighted by Crippen LogP contribution is 2.33. The molecule has 1 N–H and O–H groups in total. The van der Waals surface area contributed by atoms with Gasteiger partial charge in [0.25, 0.3) is 5.91 Å². The van der Waals surface area contributed by atoms with Gasteiger partial charge in [0.15, 0.2) is 9.84 Å². The number of aromatic nitrogens is 1. The number of halogens is 7. The van der Waals surface area contributed by atoms with Gasteiger partial charge in [0.05, 0.1) is 21.8 Å². The zero-order chi connectivity index (χ0) is 25.3. The molecule has 34 heavy (non-hydrogen) atoms. The molecule has 2 aromatic rings. The summed E-state index contributed by atoms with van der Waals surface area (Å²) in [6.07, 6.45) is -7.80. The lowest BCUT2D eigenvalue weighted by Gasteiger charge is -2.29. The number of hydrogen-bond donors (Lipinski definition) is 1. The number of nitrogens with zero attached hydrogens (tertiary/aromatic N) is 1. The van der Waals surface area contributed by atoms with Gasteiger partial charge in [-0.3, -0.25) is 4.79 Å². The third-order valence-electron chi connectivity index (χ3n) is 5.54. The number of carbonyl (C=O) groups excluding carboxylic acids is 1. The number of pyridine rings is 1. The minimum Gasteiger partial charge on any atom is -0.349 e. The molecule has 0 atom stereocenters. The quantitative estimate of drug-likeness (QED) is 0.409. The molecule has 0 unspecified atom stereocenters. The number of hydrogen-bond acceptors (Lipinski definition) is 4. The fourth-order valence-electron chi connectivity index (χ4n) is 3.77. The van der Waals surface area contributed by atoms with Crippen LogP contribution in [0.1, 0.15) is 47.3 Å². The SMILES string of the molecule is O=C(NC1CCC(CS(=O)(=O)c2cccc(C(F)(F)F)c2)CC1)c1ccc(C(F)(F)F)nc1Cl. The van der Waals surface area contributed by atoms with Gasteiger partial charge in [0.2, 0.25) is 0 Å². The van der Waals surface area contributed by atoms with Crippen LogP contribution in [0, 0.1) is 5.92 Å². The van der Waals surface area contributed by atoms with Gasteiger partial charge in [-0.1, -0.05) is 17.7 Å². The first-order chi connectivity index (χ1) is 15.7. The van der Waals surface area contributed by atoms with E-state index < -0.39 is 49.4 Å². The molecule has 0 spiro atoms. The van der Waals surface area contributed by atoms with Gasteiger partial charge < -0.3 is 5.32 Å². The van der Waals surface area contributed by atoms with E-state index >= 15 is 0 Å². The van der Waals surface area contributed by atoms with Crippen LogP contribution in [-0.2, 0) is 22.2 Å². The first-order valence-corrected chi connectivity index (χ1v) is 12.1. The second kappa shape index (κ2) is 9.73. The van der Waals surface area contributed by atoms with Crippen molar-refractivity contribution in [2.75, 3.05) is 5.75 Å². The highest BCUT2D eigenvalue weighted by atomic mass is 35.5. The van der Waals surface area contributed by atoms with Gasteiger partial charge in [0, 0.05) is 6.04 Å². The van der Waals surface area contributed by atoms with Gasteiger partial charge in [-0.05, 0) is 61.9 Å². The Kier molecular flexibility index (Phi) is 7.51. The molecule has 13 heteroatoms. The van der Waals surface area contributed by atoms with Crippen molar-refractivity contribution < 1.29 is 39.6 Å². The molecule has 1 heterocycles. The molecule has 0 bridgehead atoms. The summed E-state index contributed by atoms with van der Waals surface area (Å²) in [4.78, 5) is 15.2. The topological polar surface area (TPSA) is 76.1 Å². The number of alkyl halides is 6. The molecule has 1 aliphatic carbocycles. The van der Waals surface area contributed by atoms with Gasteiger partial charge in [-0.25, -0.2) is 13.4 Å². The van der Waals surface area contributed by atoms with Crippen LogP contribution in [0.3, 0.4) is 0 Å². The van der Waals surface area contributed by atoms with Crippen LogP contribution in [0.2, 0.25) is 5.15 Å². The van der Waals surface area contributed by atoms with E-state index in [1.54, 1.807) is 0 Å². The predicted molar refractivity (Wildman–Crippen MR) is 111 cm³/mol. The lowest BCUT2D eigenvalue weighted by molar-refractivity contribution is -0.141. The van der Waals surface area contributed by atoms with Crippen molar-refractivity contribution in [2.24, 2.45) is 5.92 Å². The molecule has 1 aromatic carbocycles. The summed E-state index contributed by atoms with van der Waals surface area (Å²) in [6.45, 7) is 0. The molecule has 1 fully saturated rings. The Labute approximate surface area is 196 Å². The standard InChI is InChI=1S/C21H19ClF6N2O3S/c22-18-16(8-9-17(30-18)21(26,27)28)19(31)29-14-6-4-12(5-7-14)11-34(32,33)15-3-1-2-13(10-15)20(23,24)25/h1-3,8-10,12,14H,4-7,11H2,(H,29,31). The number of nitrogens with one attached hydrogen (secondary N) is 1. The summed E-state index contributed by atoms with van der Waals surface area (Å²) in [5.74, 6) is -1.35. The first kappa shape index (κ1) is 26.3. The Morgan fingerprint density at radius 2 is 1.65 bits per heavy atom. The van der Waals surface area contributed by atoms with Gasteiger partial charge in [-0.2, -0.15) is 26.3 Å². The van der Waals surface area contributed by atoms with Crippen LogP contribution in [0.25, 0.3) is 0 Å². The number of carbonyl (C=O) groups is 1. The van der Waals surface area contributed by atoms with Gasteiger partial charge in [-0.15, -0.1) is 0 Å². The van der Waals surface area contributed by atoms with E-state index in [-0.39, 0.29) is 23.3 Å². The van der Waals surface area contributed by atoms with Crippen molar-refractivity contribution in [3.05, 3.63) is 58.4 Å². The predicted octanol–water partition coefficient (Wildman–Crippen LogP) is 5.54. The van der Waals surface area contributed by atoms with Crippen LogP contribution in [0.5, 0.6) is 0 Å². The van der Waals surface area contributed by atoms with Gasteiger partial charge >= 0.3 is 12.4 Å². The minimum absolute atomic E-state index is 0.219. The van der Waals surface area contributed by atoms with Crippen LogP contribution in [0.15, 0.2) is 41.3 Å². The van der Waals surface area contributed by atoms with E-state index in [2.05, 4.69) is 10.3 Å². The van der Waals surface area contributed by atoms with Crippen LogP contribution < -0.4 is 5.32 Å². The fourth-order valence-corrected chi connectivity index (χ4v) is 5.75. The number of sulfone groups is 1. The third kappa shape index (κ3) is 6.41. The molecule has 0 saturated heterocycles. The van der Waals surface area contributed by atoms with Crippen molar-refractivity contribution in [1.29, 1.82) is 0 Å².